The summed E-state index contributed by atoms with van der Waals surface area (Å²) >= 11 is 0. The number of anilines is 1. The number of benzene rings is 1. The van der Waals surface area contributed by atoms with Gasteiger partial charge in [-0.3, -0.25) is 9.20 Å². The molecule has 24 heavy (non-hydrogen) atoms. The highest BCUT2D eigenvalue weighted by molar-refractivity contribution is 6.07. The minimum atomic E-state index is -1.09. The van der Waals surface area contributed by atoms with E-state index in [1.54, 1.807) is 28.8 Å². The highest BCUT2D eigenvalue weighted by atomic mass is 16.4. The van der Waals surface area contributed by atoms with Gasteiger partial charge < -0.3 is 10.4 Å². The molecule has 2 N–H and O–H groups in total. The predicted molar refractivity (Wildman–Crippen MR) is 90.5 cm³/mol. The number of hydrogen-bond acceptors (Lipinski definition) is 3. The van der Waals surface area contributed by atoms with E-state index in [-0.39, 0.29) is 17.2 Å². The number of carbonyl (C=O) groups is 2. The van der Waals surface area contributed by atoms with Crippen LogP contribution in [0.25, 0.3) is 5.65 Å². The highest BCUT2D eigenvalue weighted by Crippen LogP contribution is 2.19. The van der Waals surface area contributed by atoms with E-state index < -0.39 is 5.97 Å². The van der Waals surface area contributed by atoms with Gasteiger partial charge in [0.15, 0.2) is 0 Å². The molecule has 0 aliphatic carbocycles. The first kappa shape index (κ1) is 15.7. The smallest absolute Gasteiger partial charge is 0.337 e. The molecule has 3 rings (SSSR count). The Bertz CT molecular complexity index is 915. The molecule has 6 nitrogen and oxygen atoms in total. The minimum absolute atomic E-state index is 0.0525. The fraction of sp³-hybridized carbons (Fsp3) is 0.167. The topological polar surface area (TPSA) is 83.7 Å². The molecule has 0 spiro atoms. The maximum Gasteiger partial charge on any atom is 0.337 e. The molecular weight excluding hydrogens is 306 g/mol. The van der Waals surface area contributed by atoms with Crippen LogP contribution in [0.1, 0.15) is 39.9 Å². The van der Waals surface area contributed by atoms with Crippen molar-refractivity contribution in [2.45, 2.75) is 19.8 Å². The third-order valence-corrected chi connectivity index (χ3v) is 3.71. The Morgan fingerprint density at radius 1 is 1.17 bits per heavy atom. The molecule has 1 amide bonds. The van der Waals surface area contributed by atoms with E-state index in [0.717, 1.165) is 6.42 Å². The molecule has 0 aliphatic rings. The van der Waals surface area contributed by atoms with Crippen molar-refractivity contribution in [3.63, 3.8) is 0 Å². The van der Waals surface area contributed by atoms with E-state index in [9.17, 15) is 14.7 Å². The summed E-state index contributed by atoms with van der Waals surface area (Å²) in [5.41, 5.74) is 2.15. The van der Waals surface area contributed by atoms with Gasteiger partial charge in [-0.15, -0.1) is 0 Å². The number of nitrogens with one attached hydrogen (secondary N) is 1. The number of aromatic carboxylic acids is 1. The van der Waals surface area contributed by atoms with Gasteiger partial charge in [0, 0.05) is 6.20 Å². The fourth-order valence-electron chi connectivity index (χ4n) is 2.66. The van der Waals surface area contributed by atoms with Gasteiger partial charge in [-0.2, -0.15) is 0 Å². The van der Waals surface area contributed by atoms with Gasteiger partial charge in [-0.05, 0) is 30.7 Å². The zero-order valence-electron chi connectivity index (χ0n) is 13.2. The van der Waals surface area contributed by atoms with Crippen LogP contribution in [-0.4, -0.2) is 26.4 Å². The molecule has 0 bridgehead atoms. The lowest BCUT2D eigenvalue weighted by molar-refractivity contribution is 0.0698. The number of hydrogen-bond donors (Lipinski definition) is 2. The maximum atomic E-state index is 12.8. The van der Waals surface area contributed by atoms with Crippen molar-refractivity contribution in [3.8, 4) is 0 Å². The predicted octanol–water partition coefficient (Wildman–Crippen LogP) is 3.24. The number of fused-ring (bicyclic) bond motifs is 1. The van der Waals surface area contributed by atoms with Crippen LogP contribution in [0.4, 0.5) is 5.69 Å². The summed E-state index contributed by atoms with van der Waals surface area (Å²) in [6, 6.07) is 11.9. The molecule has 2 aromatic heterocycles. The Labute approximate surface area is 138 Å². The molecule has 2 heterocycles. The van der Waals surface area contributed by atoms with Crippen LogP contribution in [0.2, 0.25) is 0 Å². The lowest BCUT2D eigenvalue weighted by atomic mass is 10.1. The standard InChI is InChI=1S/C18H17N3O3/c1-2-7-14-16(21-11-6-5-10-15(21)19-14)17(22)20-13-9-4-3-8-12(13)18(23)24/h3-6,8-11H,2,7H2,1H3,(H,20,22)(H,23,24). The van der Waals surface area contributed by atoms with Crippen LogP contribution in [0.15, 0.2) is 48.7 Å². The van der Waals surface area contributed by atoms with E-state index in [0.29, 0.717) is 23.5 Å². The number of imidazole rings is 1. The van der Waals surface area contributed by atoms with Crippen molar-refractivity contribution in [1.82, 2.24) is 9.38 Å². The van der Waals surface area contributed by atoms with Crippen molar-refractivity contribution < 1.29 is 14.7 Å². The Kier molecular flexibility index (Phi) is 4.29. The van der Waals surface area contributed by atoms with Crippen molar-refractivity contribution in [2.75, 3.05) is 5.32 Å². The Morgan fingerprint density at radius 3 is 2.67 bits per heavy atom. The summed E-state index contributed by atoms with van der Waals surface area (Å²) in [4.78, 5) is 28.6. The third-order valence-electron chi connectivity index (χ3n) is 3.71. The van der Waals surface area contributed by atoms with Gasteiger partial charge >= 0.3 is 5.97 Å². The average molecular weight is 323 g/mol. The molecule has 0 aliphatic heterocycles. The number of nitrogens with zero attached hydrogens (tertiary/aromatic N) is 2. The molecule has 0 saturated carbocycles. The van der Waals surface area contributed by atoms with Gasteiger partial charge in [0.2, 0.25) is 0 Å². The quantitative estimate of drug-likeness (QED) is 0.755. The molecule has 122 valence electrons. The number of amides is 1. The SMILES string of the molecule is CCCc1nc2ccccn2c1C(=O)Nc1ccccc1C(=O)O. The zero-order chi connectivity index (χ0) is 17.1. The Hall–Kier alpha value is -3.15. The number of para-hydroxylation sites is 1. The van der Waals surface area contributed by atoms with Crippen LogP contribution >= 0.6 is 0 Å². The van der Waals surface area contributed by atoms with Crippen molar-refractivity contribution in [2.24, 2.45) is 0 Å². The maximum absolute atomic E-state index is 12.8. The van der Waals surface area contributed by atoms with E-state index >= 15 is 0 Å². The molecule has 0 fully saturated rings. The number of aromatic nitrogens is 2. The monoisotopic (exact) mass is 323 g/mol. The van der Waals surface area contributed by atoms with Gasteiger partial charge in [0.05, 0.1) is 16.9 Å². The van der Waals surface area contributed by atoms with Gasteiger partial charge in [0.1, 0.15) is 11.3 Å². The number of aryl methyl sites for hydroxylation is 1. The van der Waals surface area contributed by atoms with Crippen LogP contribution in [0, 0.1) is 0 Å². The normalized spacial score (nSPS) is 10.7. The first-order chi connectivity index (χ1) is 11.6. The largest absolute Gasteiger partial charge is 0.478 e. The van der Waals surface area contributed by atoms with E-state index in [4.69, 9.17) is 0 Å². The average Bonchev–Trinajstić information content (AvgIpc) is 2.93. The van der Waals surface area contributed by atoms with Crippen LogP contribution in [0.5, 0.6) is 0 Å². The first-order valence-corrected chi connectivity index (χ1v) is 7.71. The highest BCUT2D eigenvalue weighted by Gasteiger charge is 2.20. The second kappa shape index (κ2) is 6.54. The lowest BCUT2D eigenvalue weighted by Gasteiger charge is -2.09. The summed E-state index contributed by atoms with van der Waals surface area (Å²) in [6.07, 6.45) is 3.31. The third kappa shape index (κ3) is 2.86. The van der Waals surface area contributed by atoms with E-state index in [1.807, 2.05) is 25.1 Å². The van der Waals surface area contributed by atoms with Crippen molar-refractivity contribution in [3.05, 3.63) is 65.6 Å². The van der Waals surface area contributed by atoms with Crippen LogP contribution in [0.3, 0.4) is 0 Å². The Balaban J connectivity index is 2.03. The Morgan fingerprint density at radius 2 is 1.92 bits per heavy atom. The molecule has 3 aromatic rings. The van der Waals surface area contributed by atoms with Gasteiger partial charge in [0.25, 0.3) is 5.91 Å². The van der Waals surface area contributed by atoms with Crippen molar-refractivity contribution in [1.29, 1.82) is 0 Å². The molecule has 0 atom stereocenters. The van der Waals surface area contributed by atoms with E-state index in [2.05, 4.69) is 10.3 Å². The summed E-state index contributed by atoms with van der Waals surface area (Å²) in [5, 5.41) is 12.0. The summed E-state index contributed by atoms with van der Waals surface area (Å²) in [5.74, 6) is -1.45. The minimum Gasteiger partial charge on any atom is -0.478 e. The molecule has 1 aromatic carbocycles. The van der Waals surface area contributed by atoms with Crippen molar-refractivity contribution >= 4 is 23.2 Å². The molecule has 0 saturated heterocycles. The van der Waals surface area contributed by atoms with Crippen LogP contribution in [-0.2, 0) is 6.42 Å². The molecule has 0 unspecified atom stereocenters. The second-order valence-corrected chi connectivity index (χ2v) is 5.39. The number of carboxylic acids is 1. The number of rotatable bonds is 5. The number of carbonyl (C=O) groups excluding carboxylic acids is 1. The van der Waals surface area contributed by atoms with Gasteiger partial charge in [-0.1, -0.05) is 31.5 Å². The number of carboxylic acid groups (broad SMARTS) is 1. The summed E-state index contributed by atoms with van der Waals surface area (Å²) in [6.45, 7) is 2.02. The fourth-order valence-corrected chi connectivity index (χ4v) is 2.66. The van der Waals surface area contributed by atoms with E-state index in [1.165, 1.54) is 6.07 Å². The molecule has 0 radical (unpaired) electrons. The summed E-state index contributed by atoms with van der Waals surface area (Å²) in [7, 11) is 0. The second-order valence-electron chi connectivity index (χ2n) is 5.39. The molecule has 6 heteroatoms. The summed E-state index contributed by atoms with van der Waals surface area (Å²) < 4.78 is 1.73. The lowest BCUT2D eigenvalue weighted by Crippen LogP contribution is -2.18. The zero-order valence-corrected chi connectivity index (χ0v) is 13.2. The number of pyridine rings is 1. The van der Waals surface area contributed by atoms with Crippen LogP contribution < -0.4 is 5.32 Å². The molecular formula is C18H17N3O3. The van der Waals surface area contributed by atoms with Gasteiger partial charge in [-0.25, -0.2) is 9.78 Å². The first-order valence-electron chi connectivity index (χ1n) is 7.71.